The van der Waals surface area contributed by atoms with E-state index in [1.807, 2.05) is 25.1 Å². The van der Waals surface area contributed by atoms with Crippen molar-refractivity contribution in [3.63, 3.8) is 0 Å². The van der Waals surface area contributed by atoms with Crippen molar-refractivity contribution in [1.29, 1.82) is 0 Å². The van der Waals surface area contributed by atoms with Crippen molar-refractivity contribution in [2.45, 2.75) is 51.9 Å². The van der Waals surface area contributed by atoms with Crippen LogP contribution in [0.2, 0.25) is 0 Å². The molecule has 1 aromatic carbocycles. The molecular formula is C19H28O4. The van der Waals surface area contributed by atoms with Gasteiger partial charge in [0.1, 0.15) is 0 Å². The molecule has 4 nitrogen and oxygen atoms in total. The fraction of sp³-hybridized carbons (Fsp3) is 0.632. The Morgan fingerprint density at radius 1 is 1.30 bits per heavy atom. The molecule has 0 bridgehead atoms. The van der Waals surface area contributed by atoms with Crippen molar-refractivity contribution < 1.29 is 19.0 Å². The van der Waals surface area contributed by atoms with Crippen LogP contribution < -0.4 is 0 Å². The SMILES string of the molecule is COC(=O)[C@@H](C)[C@@H]1CC[C@@H](C)[C@@H](CCOCc2ccccc2)O1. The van der Waals surface area contributed by atoms with Gasteiger partial charge in [0.15, 0.2) is 0 Å². The van der Waals surface area contributed by atoms with E-state index in [-0.39, 0.29) is 24.1 Å². The normalized spacial score (nSPS) is 25.8. The number of hydrogen-bond acceptors (Lipinski definition) is 4. The third-order valence-electron chi connectivity index (χ3n) is 4.68. The molecule has 4 atom stereocenters. The summed E-state index contributed by atoms with van der Waals surface area (Å²) in [5.74, 6) is 0.0975. The molecule has 0 aliphatic carbocycles. The number of carbonyl (C=O) groups is 1. The zero-order valence-electron chi connectivity index (χ0n) is 14.4. The van der Waals surface area contributed by atoms with E-state index >= 15 is 0 Å². The number of methoxy groups -OCH3 is 1. The maximum atomic E-state index is 11.7. The Morgan fingerprint density at radius 2 is 2.04 bits per heavy atom. The summed E-state index contributed by atoms with van der Waals surface area (Å²) in [5, 5.41) is 0. The molecule has 0 saturated carbocycles. The van der Waals surface area contributed by atoms with E-state index in [1.54, 1.807) is 0 Å². The molecule has 0 spiro atoms. The second-order valence-corrected chi connectivity index (χ2v) is 6.41. The lowest BCUT2D eigenvalue weighted by atomic mass is 9.87. The van der Waals surface area contributed by atoms with E-state index < -0.39 is 0 Å². The first-order chi connectivity index (χ1) is 11.1. The van der Waals surface area contributed by atoms with E-state index in [0.29, 0.717) is 19.1 Å². The van der Waals surface area contributed by atoms with Crippen LogP contribution in [0.25, 0.3) is 0 Å². The molecule has 0 radical (unpaired) electrons. The molecule has 128 valence electrons. The minimum Gasteiger partial charge on any atom is -0.469 e. The number of rotatable bonds is 7. The van der Waals surface area contributed by atoms with Crippen LogP contribution in [-0.2, 0) is 25.6 Å². The fourth-order valence-corrected chi connectivity index (χ4v) is 3.06. The number of ether oxygens (including phenoxy) is 3. The average Bonchev–Trinajstić information content (AvgIpc) is 2.59. The average molecular weight is 320 g/mol. The van der Waals surface area contributed by atoms with Gasteiger partial charge in [-0.3, -0.25) is 4.79 Å². The highest BCUT2D eigenvalue weighted by molar-refractivity contribution is 5.72. The van der Waals surface area contributed by atoms with Crippen molar-refractivity contribution in [1.82, 2.24) is 0 Å². The zero-order chi connectivity index (χ0) is 16.7. The third kappa shape index (κ3) is 5.33. The Kier molecular flexibility index (Phi) is 7.06. The van der Waals surface area contributed by atoms with Crippen molar-refractivity contribution in [3.05, 3.63) is 35.9 Å². The lowest BCUT2D eigenvalue weighted by molar-refractivity contribution is -0.159. The number of benzene rings is 1. The van der Waals surface area contributed by atoms with Crippen LogP contribution >= 0.6 is 0 Å². The van der Waals surface area contributed by atoms with Gasteiger partial charge in [-0.25, -0.2) is 0 Å². The Balaban J connectivity index is 1.75. The van der Waals surface area contributed by atoms with Gasteiger partial charge in [0.25, 0.3) is 0 Å². The fourth-order valence-electron chi connectivity index (χ4n) is 3.06. The lowest BCUT2D eigenvalue weighted by Gasteiger charge is -2.36. The van der Waals surface area contributed by atoms with Gasteiger partial charge >= 0.3 is 5.97 Å². The van der Waals surface area contributed by atoms with Gasteiger partial charge in [0.2, 0.25) is 0 Å². The second kappa shape index (κ2) is 9.04. The van der Waals surface area contributed by atoms with Crippen LogP contribution in [0.15, 0.2) is 30.3 Å². The van der Waals surface area contributed by atoms with E-state index in [0.717, 1.165) is 19.3 Å². The second-order valence-electron chi connectivity index (χ2n) is 6.41. The topological polar surface area (TPSA) is 44.8 Å². The highest BCUT2D eigenvalue weighted by atomic mass is 16.5. The summed E-state index contributed by atoms with van der Waals surface area (Å²) >= 11 is 0. The summed E-state index contributed by atoms with van der Waals surface area (Å²) in [6.07, 6.45) is 2.96. The predicted molar refractivity (Wildman–Crippen MR) is 89.0 cm³/mol. The molecule has 1 aromatic rings. The molecular weight excluding hydrogens is 292 g/mol. The Hall–Kier alpha value is -1.39. The van der Waals surface area contributed by atoms with Crippen LogP contribution in [0, 0.1) is 11.8 Å². The molecule has 0 aromatic heterocycles. The van der Waals surface area contributed by atoms with Gasteiger partial charge in [-0.05, 0) is 37.7 Å². The van der Waals surface area contributed by atoms with Crippen LogP contribution in [0.1, 0.15) is 38.7 Å². The molecule has 0 unspecified atom stereocenters. The molecule has 1 fully saturated rings. The lowest BCUT2D eigenvalue weighted by Crippen LogP contribution is -2.40. The van der Waals surface area contributed by atoms with Gasteiger partial charge in [-0.1, -0.05) is 37.3 Å². The summed E-state index contributed by atoms with van der Waals surface area (Å²) in [4.78, 5) is 11.7. The molecule has 0 amide bonds. The molecule has 1 aliphatic rings. The standard InChI is InChI=1S/C19H28O4/c1-14-9-10-18(15(2)19(20)21-3)23-17(14)11-12-22-13-16-7-5-4-6-8-16/h4-8,14-15,17-18H,9-13H2,1-3H3/t14-,15+,17-,18+/m1/s1. The van der Waals surface area contributed by atoms with E-state index in [9.17, 15) is 4.79 Å². The highest BCUT2D eigenvalue weighted by Gasteiger charge is 2.34. The zero-order valence-corrected chi connectivity index (χ0v) is 14.4. The largest absolute Gasteiger partial charge is 0.469 e. The van der Waals surface area contributed by atoms with Gasteiger partial charge in [0.05, 0.1) is 31.8 Å². The molecule has 1 heterocycles. The van der Waals surface area contributed by atoms with Gasteiger partial charge < -0.3 is 14.2 Å². The quantitative estimate of drug-likeness (QED) is 0.569. The summed E-state index contributed by atoms with van der Waals surface area (Å²) in [5.41, 5.74) is 1.18. The van der Waals surface area contributed by atoms with Crippen LogP contribution in [0.4, 0.5) is 0 Å². The predicted octanol–water partition coefficient (Wildman–Crippen LogP) is 3.59. The molecule has 1 saturated heterocycles. The minimum absolute atomic E-state index is 0.0437. The molecule has 4 heteroatoms. The first-order valence-electron chi connectivity index (χ1n) is 8.46. The molecule has 0 N–H and O–H groups in total. The Morgan fingerprint density at radius 3 is 2.74 bits per heavy atom. The minimum atomic E-state index is -0.208. The summed E-state index contributed by atoms with van der Waals surface area (Å²) in [7, 11) is 1.43. The van der Waals surface area contributed by atoms with Crippen molar-refractivity contribution in [2.24, 2.45) is 11.8 Å². The molecule has 2 rings (SSSR count). The monoisotopic (exact) mass is 320 g/mol. The van der Waals surface area contributed by atoms with Crippen LogP contribution in [0.3, 0.4) is 0 Å². The summed E-state index contributed by atoms with van der Waals surface area (Å²) in [6, 6.07) is 10.2. The third-order valence-corrected chi connectivity index (χ3v) is 4.68. The first kappa shape index (κ1) is 18.0. The summed E-state index contributed by atoms with van der Waals surface area (Å²) in [6.45, 7) is 5.39. The summed E-state index contributed by atoms with van der Waals surface area (Å²) < 4.78 is 16.7. The van der Waals surface area contributed by atoms with Gasteiger partial charge in [0, 0.05) is 6.61 Å². The van der Waals surface area contributed by atoms with E-state index in [1.165, 1.54) is 12.7 Å². The van der Waals surface area contributed by atoms with Crippen molar-refractivity contribution in [2.75, 3.05) is 13.7 Å². The van der Waals surface area contributed by atoms with Crippen molar-refractivity contribution in [3.8, 4) is 0 Å². The number of esters is 1. The van der Waals surface area contributed by atoms with Crippen molar-refractivity contribution >= 4 is 5.97 Å². The number of hydrogen-bond donors (Lipinski definition) is 0. The van der Waals surface area contributed by atoms with E-state index in [2.05, 4.69) is 19.1 Å². The molecule has 23 heavy (non-hydrogen) atoms. The van der Waals surface area contributed by atoms with Gasteiger partial charge in [-0.2, -0.15) is 0 Å². The van der Waals surface area contributed by atoms with E-state index in [4.69, 9.17) is 14.2 Å². The first-order valence-corrected chi connectivity index (χ1v) is 8.46. The highest BCUT2D eigenvalue weighted by Crippen LogP contribution is 2.30. The van der Waals surface area contributed by atoms with Crippen LogP contribution in [-0.4, -0.2) is 31.9 Å². The maximum absolute atomic E-state index is 11.7. The molecule has 1 aliphatic heterocycles. The Labute approximate surface area is 139 Å². The van der Waals surface area contributed by atoms with Gasteiger partial charge in [-0.15, -0.1) is 0 Å². The number of carbonyl (C=O) groups excluding carboxylic acids is 1. The maximum Gasteiger partial charge on any atom is 0.311 e. The Bertz CT molecular complexity index is 474. The van der Waals surface area contributed by atoms with Crippen LogP contribution in [0.5, 0.6) is 0 Å². The smallest absolute Gasteiger partial charge is 0.311 e.